The lowest BCUT2D eigenvalue weighted by Gasteiger charge is -2.36. The summed E-state index contributed by atoms with van der Waals surface area (Å²) in [5, 5.41) is 0. The molecule has 1 fully saturated rings. The molecule has 1 heterocycles. The minimum Gasteiger partial charge on any atom is -0.496 e. The van der Waals surface area contributed by atoms with Crippen LogP contribution in [0, 0.1) is 0 Å². The second-order valence-electron chi connectivity index (χ2n) is 5.81. The third kappa shape index (κ3) is 2.03. The summed E-state index contributed by atoms with van der Waals surface area (Å²) in [6.07, 6.45) is 9.64. The van der Waals surface area contributed by atoms with Crippen LogP contribution in [0.3, 0.4) is 0 Å². The highest BCUT2D eigenvalue weighted by Crippen LogP contribution is 2.49. The molecule has 1 aromatic carbocycles. The third-order valence-corrected chi connectivity index (χ3v) is 5.62. The van der Waals surface area contributed by atoms with Crippen LogP contribution in [0.15, 0.2) is 34.9 Å². The molecule has 3 rings (SSSR count). The first-order chi connectivity index (χ1) is 9.71. The van der Waals surface area contributed by atoms with E-state index in [9.17, 15) is 0 Å². The SMILES string of the molecule is COc1ccc([C@@]23CCCC=C2N(C)CC3)cc1SC. The van der Waals surface area contributed by atoms with Crippen molar-refractivity contribution in [3.63, 3.8) is 0 Å². The maximum absolute atomic E-state index is 5.46. The average Bonchev–Trinajstić information content (AvgIpc) is 2.85. The summed E-state index contributed by atoms with van der Waals surface area (Å²) < 4.78 is 5.46. The highest BCUT2D eigenvalue weighted by atomic mass is 32.2. The largest absolute Gasteiger partial charge is 0.496 e. The van der Waals surface area contributed by atoms with Gasteiger partial charge in [0.25, 0.3) is 0 Å². The van der Waals surface area contributed by atoms with E-state index in [2.05, 4.69) is 42.5 Å². The number of hydrogen-bond acceptors (Lipinski definition) is 3. The highest BCUT2D eigenvalue weighted by molar-refractivity contribution is 7.98. The number of likely N-dealkylation sites (tertiary alicyclic amines) is 1. The quantitative estimate of drug-likeness (QED) is 0.779. The molecule has 0 unspecified atom stereocenters. The Bertz CT molecular complexity index is 540. The monoisotopic (exact) mass is 289 g/mol. The fourth-order valence-corrected chi connectivity index (χ4v) is 4.39. The van der Waals surface area contributed by atoms with Crippen LogP contribution in [0.25, 0.3) is 0 Å². The fraction of sp³-hybridized carbons (Fsp3) is 0.529. The van der Waals surface area contributed by atoms with Crippen molar-refractivity contribution in [2.24, 2.45) is 0 Å². The fourth-order valence-electron chi connectivity index (χ4n) is 3.79. The van der Waals surface area contributed by atoms with Crippen molar-refractivity contribution in [3.05, 3.63) is 35.5 Å². The second kappa shape index (κ2) is 5.36. The van der Waals surface area contributed by atoms with E-state index in [0.29, 0.717) is 0 Å². The van der Waals surface area contributed by atoms with Crippen molar-refractivity contribution in [2.45, 2.75) is 36.0 Å². The normalized spacial score (nSPS) is 25.4. The summed E-state index contributed by atoms with van der Waals surface area (Å²) in [7, 11) is 3.99. The second-order valence-corrected chi connectivity index (χ2v) is 6.65. The molecule has 1 saturated heterocycles. The lowest BCUT2D eigenvalue weighted by atomic mass is 9.71. The van der Waals surface area contributed by atoms with Crippen molar-refractivity contribution in [2.75, 3.05) is 27.0 Å². The van der Waals surface area contributed by atoms with Crippen molar-refractivity contribution in [3.8, 4) is 5.75 Å². The lowest BCUT2D eigenvalue weighted by Crippen LogP contribution is -2.29. The Morgan fingerprint density at radius 1 is 1.30 bits per heavy atom. The zero-order valence-electron chi connectivity index (χ0n) is 12.6. The molecule has 1 aliphatic heterocycles. The molecule has 2 nitrogen and oxygen atoms in total. The Kier molecular flexibility index (Phi) is 3.72. The molecule has 0 radical (unpaired) electrons. The summed E-state index contributed by atoms with van der Waals surface area (Å²) in [4.78, 5) is 3.70. The molecule has 0 spiro atoms. The molecule has 1 aromatic rings. The lowest BCUT2D eigenvalue weighted by molar-refractivity contribution is 0.397. The van der Waals surface area contributed by atoms with Crippen LogP contribution < -0.4 is 4.74 Å². The summed E-state index contributed by atoms with van der Waals surface area (Å²) >= 11 is 1.77. The van der Waals surface area contributed by atoms with E-state index in [4.69, 9.17) is 4.74 Å². The van der Waals surface area contributed by atoms with Crippen LogP contribution in [-0.4, -0.2) is 31.9 Å². The van der Waals surface area contributed by atoms with Crippen LogP contribution in [0.2, 0.25) is 0 Å². The van der Waals surface area contributed by atoms with Crippen molar-refractivity contribution in [1.29, 1.82) is 0 Å². The molecule has 2 aliphatic rings. The first-order valence-electron chi connectivity index (χ1n) is 7.35. The Labute approximate surface area is 126 Å². The Morgan fingerprint density at radius 3 is 2.90 bits per heavy atom. The number of hydrogen-bond donors (Lipinski definition) is 0. The van der Waals surface area contributed by atoms with Crippen molar-refractivity contribution < 1.29 is 4.74 Å². The Hall–Kier alpha value is -1.09. The van der Waals surface area contributed by atoms with Gasteiger partial charge in [0.2, 0.25) is 0 Å². The topological polar surface area (TPSA) is 12.5 Å². The number of fused-ring (bicyclic) bond motifs is 1. The van der Waals surface area contributed by atoms with E-state index in [1.165, 1.54) is 42.7 Å². The number of likely N-dealkylation sites (N-methyl/N-ethyl adjacent to an activating group) is 1. The number of rotatable bonds is 3. The highest BCUT2D eigenvalue weighted by Gasteiger charge is 2.43. The predicted molar refractivity (Wildman–Crippen MR) is 85.6 cm³/mol. The molecule has 0 aromatic heterocycles. The number of benzene rings is 1. The smallest absolute Gasteiger partial charge is 0.132 e. The number of methoxy groups -OCH3 is 1. The van der Waals surface area contributed by atoms with Gasteiger partial charge in [-0.2, -0.15) is 0 Å². The maximum atomic E-state index is 5.46. The zero-order chi connectivity index (χ0) is 14.2. The summed E-state index contributed by atoms with van der Waals surface area (Å²) in [6.45, 7) is 1.17. The standard InChI is InChI=1S/C17H23NOS/c1-18-11-10-17(9-5-4-6-16(17)18)13-7-8-14(19-2)15(12-13)20-3/h6-8,12H,4-5,9-11H2,1-3H3/t17-/m0/s1. The Balaban J connectivity index is 2.07. The molecule has 0 saturated carbocycles. The van der Waals surface area contributed by atoms with E-state index < -0.39 is 0 Å². The van der Waals surface area contributed by atoms with Gasteiger partial charge in [-0.1, -0.05) is 12.1 Å². The van der Waals surface area contributed by atoms with E-state index in [-0.39, 0.29) is 5.41 Å². The molecule has 1 aliphatic carbocycles. The molecule has 108 valence electrons. The van der Waals surface area contributed by atoms with Gasteiger partial charge >= 0.3 is 0 Å². The van der Waals surface area contributed by atoms with Gasteiger partial charge in [0.05, 0.1) is 7.11 Å². The van der Waals surface area contributed by atoms with Gasteiger partial charge < -0.3 is 9.64 Å². The first-order valence-corrected chi connectivity index (χ1v) is 8.58. The van der Waals surface area contributed by atoms with Gasteiger partial charge in [-0.25, -0.2) is 0 Å². The zero-order valence-corrected chi connectivity index (χ0v) is 13.4. The number of nitrogens with zero attached hydrogens (tertiary/aromatic N) is 1. The molecular weight excluding hydrogens is 266 g/mol. The summed E-state index contributed by atoms with van der Waals surface area (Å²) in [6, 6.07) is 6.76. The third-order valence-electron chi connectivity index (χ3n) is 4.86. The summed E-state index contributed by atoms with van der Waals surface area (Å²) in [5.41, 5.74) is 3.27. The van der Waals surface area contributed by atoms with Gasteiger partial charge in [0, 0.05) is 29.6 Å². The molecule has 0 N–H and O–H groups in total. The van der Waals surface area contributed by atoms with Crippen molar-refractivity contribution >= 4 is 11.8 Å². The molecule has 1 atom stereocenters. The summed E-state index contributed by atoms with van der Waals surface area (Å²) in [5.74, 6) is 0.991. The van der Waals surface area contributed by atoms with E-state index in [1.807, 2.05) is 0 Å². The van der Waals surface area contributed by atoms with Crippen LogP contribution >= 0.6 is 11.8 Å². The van der Waals surface area contributed by atoms with Crippen LogP contribution in [0.1, 0.15) is 31.2 Å². The molecule has 20 heavy (non-hydrogen) atoms. The Morgan fingerprint density at radius 2 is 2.15 bits per heavy atom. The maximum Gasteiger partial charge on any atom is 0.132 e. The average molecular weight is 289 g/mol. The number of allylic oxidation sites excluding steroid dienone is 2. The van der Waals surface area contributed by atoms with Crippen LogP contribution in [-0.2, 0) is 5.41 Å². The number of ether oxygens (including phenoxy) is 1. The van der Waals surface area contributed by atoms with Gasteiger partial charge in [0.1, 0.15) is 5.75 Å². The van der Waals surface area contributed by atoms with Gasteiger partial charge in [-0.15, -0.1) is 11.8 Å². The molecule has 0 bridgehead atoms. The van der Waals surface area contributed by atoms with Gasteiger partial charge in [0.15, 0.2) is 0 Å². The minimum atomic E-state index is 0.254. The van der Waals surface area contributed by atoms with E-state index in [1.54, 1.807) is 24.6 Å². The molecule has 0 amide bonds. The van der Waals surface area contributed by atoms with E-state index in [0.717, 1.165) is 5.75 Å². The molecule has 3 heteroatoms. The van der Waals surface area contributed by atoms with Crippen LogP contribution in [0.5, 0.6) is 5.75 Å². The molecular formula is C17H23NOS. The first kappa shape index (κ1) is 13.9. The van der Waals surface area contributed by atoms with Crippen LogP contribution in [0.4, 0.5) is 0 Å². The van der Waals surface area contributed by atoms with E-state index >= 15 is 0 Å². The predicted octanol–water partition coefficient (Wildman–Crippen LogP) is 4.06. The van der Waals surface area contributed by atoms with Crippen molar-refractivity contribution in [1.82, 2.24) is 4.90 Å². The number of thioether (sulfide) groups is 1. The van der Waals surface area contributed by atoms with Gasteiger partial charge in [-0.3, -0.25) is 0 Å². The van der Waals surface area contributed by atoms with Gasteiger partial charge in [-0.05, 0) is 49.6 Å². The minimum absolute atomic E-state index is 0.254.